The first-order valence-corrected chi connectivity index (χ1v) is 7.59. The van der Waals surface area contributed by atoms with Crippen molar-refractivity contribution in [2.45, 2.75) is 12.5 Å². The van der Waals surface area contributed by atoms with Crippen molar-refractivity contribution in [2.24, 2.45) is 0 Å². The highest BCUT2D eigenvalue weighted by Crippen LogP contribution is 2.29. The molecule has 2 aromatic carbocycles. The summed E-state index contributed by atoms with van der Waals surface area (Å²) < 4.78 is 36.5. The van der Waals surface area contributed by atoms with Gasteiger partial charge in [0.25, 0.3) is 5.91 Å². The van der Waals surface area contributed by atoms with Gasteiger partial charge in [0.05, 0.1) is 19.2 Å². The average molecular weight is 347 g/mol. The Morgan fingerprint density at radius 2 is 1.92 bits per heavy atom. The lowest BCUT2D eigenvalue weighted by Crippen LogP contribution is -2.34. The van der Waals surface area contributed by atoms with E-state index in [1.165, 1.54) is 13.2 Å². The monoisotopic (exact) mass is 347 g/mol. The molecule has 3 rings (SSSR count). The van der Waals surface area contributed by atoms with E-state index in [0.29, 0.717) is 17.7 Å². The van der Waals surface area contributed by atoms with Crippen molar-refractivity contribution in [3.8, 4) is 5.75 Å². The van der Waals surface area contributed by atoms with Gasteiger partial charge in [0.2, 0.25) is 0 Å². The van der Waals surface area contributed by atoms with Crippen LogP contribution in [0.5, 0.6) is 5.75 Å². The van der Waals surface area contributed by atoms with E-state index in [1.54, 1.807) is 18.2 Å². The number of nitrogens with one attached hydrogen (secondary N) is 1. The van der Waals surface area contributed by atoms with Crippen LogP contribution in [0.15, 0.2) is 36.4 Å². The quantitative estimate of drug-likeness (QED) is 0.863. The number of methoxy groups -OCH3 is 1. The Balaban J connectivity index is 1.60. The maximum absolute atomic E-state index is 13.2. The summed E-state index contributed by atoms with van der Waals surface area (Å²) in [7, 11) is 1.31. The van der Waals surface area contributed by atoms with Crippen LogP contribution in [0.2, 0.25) is 0 Å². The van der Waals surface area contributed by atoms with Crippen LogP contribution >= 0.6 is 0 Å². The van der Waals surface area contributed by atoms with Crippen LogP contribution in [-0.4, -0.2) is 31.6 Å². The van der Waals surface area contributed by atoms with Crippen LogP contribution in [0.3, 0.4) is 0 Å². The van der Waals surface area contributed by atoms with Crippen molar-refractivity contribution in [1.82, 2.24) is 5.32 Å². The Kier molecular flexibility index (Phi) is 4.65. The van der Waals surface area contributed by atoms with Gasteiger partial charge in [-0.2, -0.15) is 0 Å². The van der Waals surface area contributed by atoms with E-state index in [0.717, 1.165) is 17.7 Å². The summed E-state index contributed by atoms with van der Waals surface area (Å²) in [4.78, 5) is 23.5. The molecule has 0 spiro atoms. The van der Waals surface area contributed by atoms with Gasteiger partial charge in [0, 0.05) is 12.0 Å². The van der Waals surface area contributed by atoms with Crippen LogP contribution in [0.25, 0.3) is 0 Å². The molecule has 1 aliphatic rings. The number of carbonyl (C=O) groups excluding carboxylic acids is 2. The van der Waals surface area contributed by atoms with Crippen molar-refractivity contribution >= 4 is 11.9 Å². The summed E-state index contributed by atoms with van der Waals surface area (Å²) in [6.45, 7) is 0.195. The topological polar surface area (TPSA) is 64.6 Å². The van der Waals surface area contributed by atoms with Gasteiger partial charge < -0.3 is 14.8 Å². The van der Waals surface area contributed by atoms with Crippen molar-refractivity contribution in [2.75, 3.05) is 13.7 Å². The van der Waals surface area contributed by atoms with Gasteiger partial charge in [-0.05, 0) is 42.0 Å². The van der Waals surface area contributed by atoms with E-state index in [1.807, 2.05) is 0 Å². The molecular weight excluding hydrogens is 332 g/mol. The molecule has 0 radical (unpaired) electrons. The van der Waals surface area contributed by atoms with Crippen LogP contribution in [0.1, 0.15) is 26.3 Å². The standard InChI is InChI=1S/C18H15F2NO4/c1-24-18(23)11-3-5-16-12(6-11)7-13(25-16)9-21-17(22)10-2-4-14(19)15(20)8-10/h2-6,8,13H,7,9H2,1H3,(H,21,22)/t13-/m1/s1. The lowest BCUT2D eigenvalue weighted by atomic mass is 10.1. The Labute approximate surface area is 142 Å². The zero-order valence-corrected chi connectivity index (χ0v) is 13.3. The maximum atomic E-state index is 13.2. The zero-order chi connectivity index (χ0) is 18.0. The molecule has 0 saturated carbocycles. The fourth-order valence-corrected chi connectivity index (χ4v) is 2.63. The molecule has 0 aromatic heterocycles. The van der Waals surface area contributed by atoms with Gasteiger partial charge in [0.1, 0.15) is 11.9 Å². The van der Waals surface area contributed by atoms with E-state index in [9.17, 15) is 18.4 Å². The minimum absolute atomic E-state index is 0.0300. The van der Waals surface area contributed by atoms with Crippen LogP contribution in [0, 0.1) is 11.6 Å². The van der Waals surface area contributed by atoms with Crippen LogP contribution in [0.4, 0.5) is 8.78 Å². The molecule has 25 heavy (non-hydrogen) atoms. The fraction of sp³-hybridized carbons (Fsp3) is 0.222. The van der Waals surface area contributed by atoms with Crippen LogP contribution in [-0.2, 0) is 11.2 Å². The molecule has 0 aliphatic carbocycles. The van der Waals surface area contributed by atoms with Gasteiger partial charge in [-0.3, -0.25) is 4.79 Å². The summed E-state index contributed by atoms with van der Waals surface area (Å²) in [5.74, 6) is -2.40. The third-order valence-electron chi connectivity index (χ3n) is 3.89. The van der Waals surface area contributed by atoms with Gasteiger partial charge >= 0.3 is 5.97 Å². The lowest BCUT2D eigenvalue weighted by molar-refractivity contribution is 0.0600. The molecule has 0 fully saturated rings. The summed E-state index contributed by atoms with van der Waals surface area (Å²) in [6, 6.07) is 7.93. The van der Waals surface area contributed by atoms with Crippen molar-refractivity contribution in [3.63, 3.8) is 0 Å². The summed E-state index contributed by atoms with van der Waals surface area (Å²) in [6.07, 6.45) is 0.204. The van der Waals surface area contributed by atoms with Gasteiger partial charge in [-0.25, -0.2) is 13.6 Å². The molecule has 1 atom stereocenters. The first-order chi connectivity index (χ1) is 12.0. The number of esters is 1. The smallest absolute Gasteiger partial charge is 0.337 e. The molecule has 2 aromatic rings. The second-order valence-corrected chi connectivity index (χ2v) is 5.60. The van der Waals surface area contributed by atoms with Crippen molar-refractivity contribution in [3.05, 3.63) is 64.7 Å². The van der Waals surface area contributed by atoms with E-state index < -0.39 is 23.5 Å². The van der Waals surface area contributed by atoms with Gasteiger partial charge in [-0.15, -0.1) is 0 Å². The lowest BCUT2D eigenvalue weighted by Gasteiger charge is -2.12. The van der Waals surface area contributed by atoms with E-state index in [2.05, 4.69) is 10.1 Å². The molecule has 1 heterocycles. The Morgan fingerprint density at radius 3 is 2.64 bits per heavy atom. The third kappa shape index (κ3) is 3.60. The van der Waals surface area contributed by atoms with E-state index in [4.69, 9.17) is 4.74 Å². The third-order valence-corrected chi connectivity index (χ3v) is 3.89. The largest absolute Gasteiger partial charge is 0.488 e. The summed E-state index contributed by atoms with van der Waals surface area (Å²) in [5, 5.41) is 2.63. The molecule has 7 heteroatoms. The highest BCUT2D eigenvalue weighted by atomic mass is 19.2. The average Bonchev–Trinajstić information content (AvgIpc) is 3.03. The molecule has 0 unspecified atom stereocenters. The number of amides is 1. The van der Waals surface area contributed by atoms with Crippen LogP contribution < -0.4 is 10.1 Å². The van der Waals surface area contributed by atoms with E-state index in [-0.39, 0.29) is 18.2 Å². The normalized spacial score (nSPS) is 15.2. The second-order valence-electron chi connectivity index (χ2n) is 5.60. The first kappa shape index (κ1) is 16.9. The fourth-order valence-electron chi connectivity index (χ4n) is 2.63. The molecule has 1 N–H and O–H groups in total. The Bertz CT molecular complexity index is 838. The molecule has 130 valence electrons. The molecule has 1 aliphatic heterocycles. The number of hydrogen-bond acceptors (Lipinski definition) is 4. The number of carbonyl (C=O) groups is 2. The van der Waals surface area contributed by atoms with Crippen molar-refractivity contribution in [1.29, 1.82) is 0 Å². The number of halogens is 2. The molecule has 0 saturated heterocycles. The van der Waals surface area contributed by atoms with E-state index >= 15 is 0 Å². The molecule has 5 nitrogen and oxygen atoms in total. The molecule has 1 amide bonds. The number of fused-ring (bicyclic) bond motifs is 1. The molecule has 0 bridgehead atoms. The zero-order valence-electron chi connectivity index (χ0n) is 13.3. The summed E-state index contributed by atoms with van der Waals surface area (Å²) in [5.41, 5.74) is 1.30. The highest BCUT2D eigenvalue weighted by Gasteiger charge is 2.24. The van der Waals surface area contributed by atoms with Crippen molar-refractivity contribution < 1.29 is 27.8 Å². The predicted octanol–water partition coefficient (Wildman–Crippen LogP) is 2.48. The van der Waals surface area contributed by atoms with Gasteiger partial charge in [0.15, 0.2) is 11.6 Å². The Morgan fingerprint density at radius 1 is 1.16 bits per heavy atom. The maximum Gasteiger partial charge on any atom is 0.337 e. The summed E-state index contributed by atoms with van der Waals surface area (Å²) >= 11 is 0. The Hall–Kier alpha value is -2.96. The number of rotatable bonds is 4. The first-order valence-electron chi connectivity index (χ1n) is 7.59. The number of hydrogen-bond donors (Lipinski definition) is 1. The number of benzene rings is 2. The number of ether oxygens (including phenoxy) is 2. The SMILES string of the molecule is COC(=O)c1ccc2c(c1)C[C@H](CNC(=O)c1ccc(F)c(F)c1)O2. The predicted molar refractivity (Wildman–Crippen MR) is 84.6 cm³/mol. The van der Waals surface area contributed by atoms with Gasteiger partial charge in [-0.1, -0.05) is 0 Å². The minimum atomic E-state index is -1.08. The minimum Gasteiger partial charge on any atom is -0.488 e. The second kappa shape index (κ2) is 6.88. The highest BCUT2D eigenvalue weighted by molar-refractivity contribution is 5.94. The molecular formula is C18H15F2NO4.